The average Bonchev–Trinajstić information content (AvgIpc) is 2.69. The summed E-state index contributed by atoms with van der Waals surface area (Å²) in [5, 5.41) is 21.5. The molecule has 1 aliphatic rings. The number of carboxylic acids is 1. The zero-order valence-electron chi connectivity index (χ0n) is 10.8. The predicted molar refractivity (Wildman–Crippen MR) is 66.0 cm³/mol. The van der Waals surface area contributed by atoms with Crippen LogP contribution >= 0.6 is 0 Å². The van der Waals surface area contributed by atoms with E-state index in [1.54, 1.807) is 13.8 Å². The van der Waals surface area contributed by atoms with Crippen LogP contribution in [-0.4, -0.2) is 59.9 Å². The molecule has 0 aliphatic carbocycles. The van der Waals surface area contributed by atoms with Gasteiger partial charge in [-0.2, -0.15) is 0 Å². The van der Waals surface area contributed by atoms with E-state index in [0.717, 1.165) is 19.5 Å². The lowest BCUT2D eigenvalue weighted by Crippen LogP contribution is -2.45. The Hall–Kier alpha value is -0.650. The number of hydrogen-bond acceptors (Lipinski definition) is 4. The van der Waals surface area contributed by atoms with Gasteiger partial charge < -0.3 is 15.5 Å². The SMILES string of the molecule is CC(C)(CN(CCO)CC1CCCN1)C(=O)O. The second kappa shape index (κ2) is 6.33. The van der Waals surface area contributed by atoms with Gasteiger partial charge in [0.05, 0.1) is 12.0 Å². The molecule has 1 heterocycles. The second-order valence-electron chi connectivity index (χ2n) is 5.44. The van der Waals surface area contributed by atoms with Gasteiger partial charge in [0, 0.05) is 25.7 Å². The van der Waals surface area contributed by atoms with E-state index in [4.69, 9.17) is 10.2 Å². The minimum atomic E-state index is -0.792. The summed E-state index contributed by atoms with van der Waals surface area (Å²) in [6.45, 7) is 6.39. The van der Waals surface area contributed by atoms with Crippen molar-refractivity contribution in [2.24, 2.45) is 5.41 Å². The highest BCUT2D eigenvalue weighted by Gasteiger charge is 2.30. The molecule has 1 saturated heterocycles. The van der Waals surface area contributed by atoms with E-state index in [1.807, 2.05) is 4.90 Å². The Balaban J connectivity index is 2.49. The standard InChI is InChI=1S/C12H24N2O3/c1-12(2,11(16)17)9-14(6-7-15)8-10-4-3-5-13-10/h10,13,15H,3-9H2,1-2H3,(H,16,17). The van der Waals surface area contributed by atoms with Gasteiger partial charge in [0.25, 0.3) is 0 Å². The summed E-state index contributed by atoms with van der Waals surface area (Å²) in [6, 6.07) is 0.436. The maximum Gasteiger partial charge on any atom is 0.310 e. The molecular weight excluding hydrogens is 220 g/mol. The van der Waals surface area contributed by atoms with Crippen LogP contribution in [0.1, 0.15) is 26.7 Å². The fourth-order valence-electron chi connectivity index (χ4n) is 2.23. The average molecular weight is 244 g/mol. The van der Waals surface area contributed by atoms with Crippen molar-refractivity contribution in [1.29, 1.82) is 0 Å². The molecule has 0 radical (unpaired) electrons. The van der Waals surface area contributed by atoms with Gasteiger partial charge in [-0.3, -0.25) is 9.69 Å². The van der Waals surface area contributed by atoms with Crippen LogP contribution < -0.4 is 5.32 Å². The van der Waals surface area contributed by atoms with Crippen molar-refractivity contribution in [2.45, 2.75) is 32.7 Å². The van der Waals surface area contributed by atoms with E-state index < -0.39 is 11.4 Å². The van der Waals surface area contributed by atoms with Crippen molar-refractivity contribution in [2.75, 3.05) is 32.8 Å². The maximum absolute atomic E-state index is 11.1. The number of aliphatic hydroxyl groups excluding tert-OH is 1. The van der Waals surface area contributed by atoms with E-state index in [1.165, 1.54) is 6.42 Å². The first kappa shape index (κ1) is 14.4. The highest BCUT2D eigenvalue weighted by Crippen LogP contribution is 2.18. The summed E-state index contributed by atoms with van der Waals surface area (Å²) in [7, 11) is 0. The van der Waals surface area contributed by atoms with Gasteiger partial charge in [-0.05, 0) is 33.2 Å². The molecule has 0 aromatic rings. The van der Waals surface area contributed by atoms with Crippen molar-refractivity contribution >= 4 is 5.97 Å². The third-order valence-corrected chi connectivity index (χ3v) is 3.26. The van der Waals surface area contributed by atoms with E-state index in [2.05, 4.69) is 5.32 Å². The Bertz CT molecular complexity index is 250. The fourth-order valence-corrected chi connectivity index (χ4v) is 2.23. The molecule has 3 N–H and O–H groups in total. The molecule has 0 bridgehead atoms. The van der Waals surface area contributed by atoms with Crippen LogP contribution in [0.15, 0.2) is 0 Å². The van der Waals surface area contributed by atoms with Crippen LogP contribution in [0.2, 0.25) is 0 Å². The number of hydrogen-bond donors (Lipinski definition) is 3. The van der Waals surface area contributed by atoms with Gasteiger partial charge in [0.15, 0.2) is 0 Å². The molecule has 100 valence electrons. The second-order valence-corrected chi connectivity index (χ2v) is 5.44. The summed E-state index contributed by atoms with van der Waals surface area (Å²) in [5.74, 6) is -0.792. The summed E-state index contributed by atoms with van der Waals surface area (Å²) < 4.78 is 0. The third-order valence-electron chi connectivity index (χ3n) is 3.26. The highest BCUT2D eigenvalue weighted by molar-refractivity contribution is 5.73. The molecule has 5 heteroatoms. The molecule has 0 amide bonds. The van der Waals surface area contributed by atoms with Gasteiger partial charge in [0.2, 0.25) is 0 Å². The minimum absolute atomic E-state index is 0.0718. The predicted octanol–water partition coefficient (Wildman–Crippen LogP) is 0.144. The highest BCUT2D eigenvalue weighted by atomic mass is 16.4. The van der Waals surface area contributed by atoms with Gasteiger partial charge in [0.1, 0.15) is 0 Å². The van der Waals surface area contributed by atoms with Crippen molar-refractivity contribution in [1.82, 2.24) is 10.2 Å². The number of aliphatic hydroxyl groups is 1. The normalized spacial score (nSPS) is 21.1. The van der Waals surface area contributed by atoms with Crippen molar-refractivity contribution in [3.8, 4) is 0 Å². The van der Waals surface area contributed by atoms with E-state index in [0.29, 0.717) is 19.1 Å². The Morgan fingerprint density at radius 3 is 2.71 bits per heavy atom. The van der Waals surface area contributed by atoms with Crippen LogP contribution in [0.3, 0.4) is 0 Å². The van der Waals surface area contributed by atoms with E-state index in [-0.39, 0.29) is 6.61 Å². The first-order valence-corrected chi connectivity index (χ1v) is 6.25. The molecule has 1 unspecified atom stereocenters. The first-order valence-electron chi connectivity index (χ1n) is 6.25. The number of rotatable bonds is 7. The summed E-state index contributed by atoms with van der Waals surface area (Å²) in [5.41, 5.74) is -0.770. The number of carboxylic acid groups (broad SMARTS) is 1. The Morgan fingerprint density at radius 1 is 1.53 bits per heavy atom. The number of nitrogens with one attached hydrogen (secondary N) is 1. The van der Waals surface area contributed by atoms with Crippen LogP contribution in [-0.2, 0) is 4.79 Å². The molecule has 0 saturated carbocycles. The molecule has 1 rings (SSSR count). The molecule has 0 aromatic heterocycles. The zero-order valence-corrected chi connectivity index (χ0v) is 10.8. The van der Waals surface area contributed by atoms with Crippen LogP contribution in [0.4, 0.5) is 0 Å². The zero-order chi connectivity index (χ0) is 12.9. The molecule has 1 aliphatic heterocycles. The lowest BCUT2D eigenvalue weighted by molar-refractivity contribution is -0.148. The fraction of sp³-hybridized carbons (Fsp3) is 0.917. The summed E-state index contributed by atoms with van der Waals surface area (Å²) in [6.07, 6.45) is 2.31. The molecular formula is C12H24N2O3. The first-order chi connectivity index (χ1) is 7.95. The number of carbonyl (C=O) groups is 1. The lowest BCUT2D eigenvalue weighted by atomic mass is 9.93. The Kier molecular flexibility index (Phi) is 5.36. The van der Waals surface area contributed by atoms with Gasteiger partial charge in [-0.25, -0.2) is 0 Å². The van der Waals surface area contributed by atoms with Gasteiger partial charge in [-0.1, -0.05) is 0 Å². The van der Waals surface area contributed by atoms with E-state index >= 15 is 0 Å². The Labute approximate surface area is 103 Å². The molecule has 1 atom stereocenters. The molecule has 5 nitrogen and oxygen atoms in total. The molecule has 1 fully saturated rings. The summed E-state index contributed by atoms with van der Waals surface area (Å²) >= 11 is 0. The van der Waals surface area contributed by atoms with Crippen molar-refractivity contribution in [3.05, 3.63) is 0 Å². The third kappa shape index (κ3) is 4.61. The number of nitrogens with zero attached hydrogens (tertiary/aromatic N) is 1. The van der Waals surface area contributed by atoms with E-state index in [9.17, 15) is 4.79 Å². The number of aliphatic carboxylic acids is 1. The lowest BCUT2D eigenvalue weighted by Gasteiger charge is -2.31. The van der Waals surface area contributed by atoms with Gasteiger partial charge in [-0.15, -0.1) is 0 Å². The van der Waals surface area contributed by atoms with Crippen molar-refractivity contribution < 1.29 is 15.0 Å². The molecule has 0 spiro atoms. The maximum atomic E-state index is 11.1. The quantitative estimate of drug-likeness (QED) is 0.594. The molecule has 0 aromatic carbocycles. The van der Waals surface area contributed by atoms with Crippen LogP contribution in [0, 0.1) is 5.41 Å². The Morgan fingerprint density at radius 2 is 2.24 bits per heavy atom. The largest absolute Gasteiger partial charge is 0.481 e. The monoisotopic (exact) mass is 244 g/mol. The van der Waals surface area contributed by atoms with Crippen molar-refractivity contribution in [3.63, 3.8) is 0 Å². The van der Waals surface area contributed by atoms with Crippen LogP contribution in [0.5, 0.6) is 0 Å². The van der Waals surface area contributed by atoms with Crippen LogP contribution in [0.25, 0.3) is 0 Å². The smallest absolute Gasteiger partial charge is 0.310 e. The molecule has 17 heavy (non-hydrogen) atoms. The van der Waals surface area contributed by atoms with Gasteiger partial charge >= 0.3 is 5.97 Å². The topological polar surface area (TPSA) is 72.8 Å². The minimum Gasteiger partial charge on any atom is -0.481 e. The summed E-state index contributed by atoms with van der Waals surface area (Å²) in [4.78, 5) is 13.1.